The molecule has 2 aromatic heterocycles. The highest BCUT2D eigenvalue weighted by Gasteiger charge is 2.29. The normalized spacial score (nSPS) is 19.9. The molecule has 4 heteroatoms. The zero-order valence-corrected chi connectivity index (χ0v) is 12.3. The van der Waals surface area contributed by atoms with Gasteiger partial charge < -0.3 is 4.57 Å². The predicted octanol–water partition coefficient (Wildman–Crippen LogP) is 4.31. The summed E-state index contributed by atoms with van der Waals surface area (Å²) in [5.74, 6) is 1.45. The van der Waals surface area contributed by atoms with Gasteiger partial charge in [0, 0.05) is 12.2 Å². The molecule has 1 fully saturated rings. The van der Waals surface area contributed by atoms with Gasteiger partial charge in [-0.25, -0.2) is 4.98 Å². The lowest BCUT2D eigenvalue weighted by Crippen LogP contribution is -2.24. The average molecular weight is 278 g/mol. The number of aromatic nitrogens is 3. The highest BCUT2D eigenvalue weighted by atomic mass is 35.5. The van der Waals surface area contributed by atoms with Crippen LogP contribution in [0.2, 0.25) is 0 Å². The van der Waals surface area contributed by atoms with E-state index in [-0.39, 0.29) is 0 Å². The molecule has 0 saturated heterocycles. The molecule has 0 amide bonds. The van der Waals surface area contributed by atoms with Crippen LogP contribution in [0.1, 0.15) is 51.4 Å². The molecule has 102 valence electrons. The molecule has 0 unspecified atom stereocenters. The molecule has 0 aromatic carbocycles. The minimum absolute atomic E-state index is 0.467. The van der Waals surface area contributed by atoms with Crippen LogP contribution in [-0.4, -0.2) is 14.5 Å². The van der Waals surface area contributed by atoms with Gasteiger partial charge in [0.1, 0.15) is 11.3 Å². The topological polar surface area (TPSA) is 30.7 Å². The quantitative estimate of drug-likeness (QED) is 0.766. The van der Waals surface area contributed by atoms with Gasteiger partial charge in [-0.2, -0.15) is 0 Å². The zero-order valence-electron chi connectivity index (χ0n) is 11.6. The van der Waals surface area contributed by atoms with Crippen LogP contribution in [0.4, 0.5) is 0 Å². The van der Waals surface area contributed by atoms with E-state index < -0.39 is 0 Å². The fourth-order valence-electron chi connectivity index (χ4n) is 3.14. The number of hydrogen-bond acceptors (Lipinski definition) is 2. The van der Waals surface area contributed by atoms with Gasteiger partial charge in [0.05, 0.1) is 17.6 Å². The Bertz CT molecular complexity index is 578. The standard InChI is InChI=1S/C15H20ClN3/c1-15(2)6-3-11(4-7-15)19-13-5-8-17-10-12(13)18-14(19)9-16/h5,8,10-11H,3-4,6-7,9H2,1-2H3. The van der Waals surface area contributed by atoms with E-state index in [1.165, 1.54) is 31.2 Å². The second kappa shape index (κ2) is 4.78. The molecule has 3 rings (SSSR count). The van der Waals surface area contributed by atoms with Crippen molar-refractivity contribution in [1.29, 1.82) is 0 Å². The molecule has 0 bridgehead atoms. The van der Waals surface area contributed by atoms with E-state index in [4.69, 9.17) is 11.6 Å². The molecule has 0 atom stereocenters. The summed E-state index contributed by atoms with van der Waals surface area (Å²) in [6, 6.07) is 2.59. The first kappa shape index (κ1) is 12.9. The van der Waals surface area contributed by atoms with E-state index in [0.29, 0.717) is 17.3 Å². The number of nitrogens with zero attached hydrogens (tertiary/aromatic N) is 3. The molecule has 1 saturated carbocycles. The largest absolute Gasteiger partial charge is 0.324 e. The number of rotatable bonds is 2. The maximum Gasteiger partial charge on any atom is 0.125 e. The Morgan fingerprint density at radius 1 is 1.37 bits per heavy atom. The number of halogens is 1. The van der Waals surface area contributed by atoms with Gasteiger partial charge in [-0.1, -0.05) is 13.8 Å². The minimum atomic E-state index is 0.467. The maximum absolute atomic E-state index is 6.08. The highest BCUT2D eigenvalue weighted by molar-refractivity contribution is 6.16. The molecule has 0 N–H and O–H groups in total. The van der Waals surface area contributed by atoms with Gasteiger partial charge in [0.2, 0.25) is 0 Å². The van der Waals surface area contributed by atoms with Gasteiger partial charge in [0.15, 0.2) is 0 Å². The van der Waals surface area contributed by atoms with Gasteiger partial charge >= 0.3 is 0 Å². The number of pyridine rings is 1. The second-order valence-electron chi connectivity index (χ2n) is 6.29. The molecule has 19 heavy (non-hydrogen) atoms. The number of hydrogen-bond donors (Lipinski definition) is 0. The summed E-state index contributed by atoms with van der Waals surface area (Å²) in [6.07, 6.45) is 8.63. The van der Waals surface area contributed by atoms with Crippen molar-refractivity contribution in [2.75, 3.05) is 0 Å². The summed E-state index contributed by atoms with van der Waals surface area (Å²) in [6.45, 7) is 4.73. The first-order valence-electron chi connectivity index (χ1n) is 6.97. The lowest BCUT2D eigenvalue weighted by molar-refractivity contribution is 0.194. The summed E-state index contributed by atoms with van der Waals surface area (Å²) in [5.41, 5.74) is 2.62. The number of alkyl halides is 1. The molecule has 1 aliphatic carbocycles. The Morgan fingerprint density at radius 2 is 2.11 bits per heavy atom. The van der Waals surface area contributed by atoms with E-state index >= 15 is 0 Å². The van der Waals surface area contributed by atoms with Crippen LogP contribution in [0.25, 0.3) is 11.0 Å². The Balaban J connectivity index is 2.00. The Kier molecular flexibility index (Phi) is 3.25. The van der Waals surface area contributed by atoms with Crippen LogP contribution in [0.15, 0.2) is 18.5 Å². The molecular weight excluding hydrogens is 258 g/mol. The minimum Gasteiger partial charge on any atom is -0.324 e. The number of fused-ring (bicyclic) bond motifs is 1. The monoisotopic (exact) mass is 277 g/mol. The van der Waals surface area contributed by atoms with Crippen molar-refractivity contribution in [2.24, 2.45) is 5.41 Å². The fraction of sp³-hybridized carbons (Fsp3) is 0.600. The second-order valence-corrected chi connectivity index (χ2v) is 6.56. The smallest absolute Gasteiger partial charge is 0.125 e. The van der Waals surface area contributed by atoms with Crippen molar-refractivity contribution in [3.8, 4) is 0 Å². The highest BCUT2D eigenvalue weighted by Crippen LogP contribution is 2.41. The van der Waals surface area contributed by atoms with Crippen LogP contribution < -0.4 is 0 Å². The van der Waals surface area contributed by atoms with Gasteiger partial charge in [-0.05, 0) is 37.2 Å². The van der Waals surface area contributed by atoms with Crippen molar-refractivity contribution in [3.05, 3.63) is 24.3 Å². The third kappa shape index (κ3) is 2.36. The van der Waals surface area contributed by atoms with Crippen molar-refractivity contribution in [3.63, 3.8) is 0 Å². The van der Waals surface area contributed by atoms with Gasteiger partial charge in [-0.15, -0.1) is 11.6 Å². The van der Waals surface area contributed by atoms with Crippen LogP contribution in [0, 0.1) is 5.41 Å². The third-order valence-electron chi connectivity index (χ3n) is 4.36. The van der Waals surface area contributed by atoms with Crippen molar-refractivity contribution in [2.45, 2.75) is 51.5 Å². The summed E-state index contributed by atoms with van der Waals surface area (Å²) in [4.78, 5) is 8.76. The van der Waals surface area contributed by atoms with E-state index in [1.54, 1.807) is 0 Å². The molecule has 2 aromatic rings. The summed E-state index contributed by atoms with van der Waals surface area (Å²) >= 11 is 6.08. The molecule has 3 nitrogen and oxygen atoms in total. The SMILES string of the molecule is CC1(C)CCC(n2c(CCl)nc3cnccc32)CC1. The van der Waals surface area contributed by atoms with Crippen molar-refractivity contribution in [1.82, 2.24) is 14.5 Å². The maximum atomic E-state index is 6.08. The third-order valence-corrected chi connectivity index (χ3v) is 4.60. The van der Waals surface area contributed by atoms with Crippen molar-refractivity contribution >= 4 is 22.6 Å². The molecule has 0 aliphatic heterocycles. The van der Waals surface area contributed by atoms with Crippen LogP contribution >= 0.6 is 11.6 Å². The van der Waals surface area contributed by atoms with E-state index in [0.717, 1.165) is 11.3 Å². The first-order valence-corrected chi connectivity index (χ1v) is 7.51. The molecule has 0 spiro atoms. The number of imidazole rings is 1. The van der Waals surface area contributed by atoms with E-state index in [9.17, 15) is 0 Å². The van der Waals surface area contributed by atoms with Gasteiger partial charge in [0.25, 0.3) is 0 Å². The molecular formula is C15H20ClN3. The Hall–Kier alpha value is -1.09. The lowest BCUT2D eigenvalue weighted by Gasteiger charge is -2.35. The lowest BCUT2D eigenvalue weighted by atomic mass is 9.75. The average Bonchev–Trinajstić information content (AvgIpc) is 2.77. The fourth-order valence-corrected chi connectivity index (χ4v) is 3.33. The zero-order chi connectivity index (χ0) is 13.5. The first-order chi connectivity index (χ1) is 9.11. The van der Waals surface area contributed by atoms with E-state index in [1.807, 2.05) is 12.4 Å². The van der Waals surface area contributed by atoms with Crippen LogP contribution in [0.5, 0.6) is 0 Å². The molecule has 0 radical (unpaired) electrons. The summed E-state index contributed by atoms with van der Waals surface area (Å²) in [5, 5.41) is 0. The van der Waals surface area contributed by atoms with E-state index in [2.05, 4.69) is 34.4 Å². The van der Waals surface area contributed by atoms with Crippen molar-refractivity contribution < 1.29 is 0 Å². The van der Waals surface area contributed by atoms with Crippen LogP contribution in [-0.2, 0) is 5.88 Å². The molecule has 1 aliphatic rings. The van der Waals surface area contributed by atoms with Crippen LogP contribution in [0.3, 0.4) is 0 Å². The Morgan fingerprint density at radius 3 is 2.79 bits per heavy atom. The Labute approximate surface area is 119 Å². The predicted molar refractivity (Wildman–Crippen MR) is 78.4 cm³/mol. The summed E-state index contributed by atoms with van der Waals surface area (Å²) in [7, 11) is 0. The molecule has 2 heterocycles. The summed E-state index contributed by atoms with van der Waals surface area (Å²) < 4.78 is 2.35. The van der Waals surface area contributed by atoms with Gasteiger partial charge in [-0.3, -0.25) is 4.98 Å².